The van der Waals surface area contributed by atoms with E-state index in [0.29, 0.717) is 20.6 Å². The Morgan fingerprint density at radius 2 is 0.722 bits per heavy atom. The smallest absolute Gasteiger partial charge is 0.123 e. The zero-order valence-corrected chi connectivity index (χ0v) is 30.1. The summed E-state index contributed by atoms with van der Waals surface area (Å²) < 4.78 is 7.01. The number of hydrogen-bond donors (Lipinski definition) is 0. The molecule has 0 aliphatic heterocycles. The third-order valence-corrected chi connectivity index (χ3v) is 17.0. The molecule has 1 aromatic carbocycles. The van der Waals surface area contributed by atoms with Crippen LogP contribution in [0.1, 0.15) is 136 Å². The molecule has 4 heteroatoms. The average Bonchev–Trinajstić information content (AvgIpc) is 2.56. The summed E-state index contributed by atoms with van der Waals surface area (Å²) in [5.74, 6) is 1.09. The van der Waals surface area contributed by atoms with Gasteiger partial charge < -0.3 is 4.52 Å². The number of hydrogen-bond acceptors (Lipinski definition) is 1. The van der Waals surface area contributed by atoms with Gasteiger partial charge in [-0.05, 0) is 56.2 Å². The van der Waals surface area contributed by atoms with Gasteiger partial charge in [-0.1, -0.05) is 147 Å². The normalized spacial score (nSPS) is 14.8. The van der Waals surface area contributed by atoms with Crippen molar-refractivity contribution in [3.05, 3.63) is 29.3 Å². The molecule has 0 aliphatic carbocycles. The van der Waals surface area contributed by atoms with Crippen LogP contribution in [0.15, 0.2) is 18.2 Å². The summed E-state index contributed by atoms with van der Waals surface area (Å²) in [6, 6.07) is 7.31. The van der Waals surface area contributed by atoms with E-state index in [9.17, 15) is 0 Å². The molecule has 0 N–H and O–H groups in total. The highest BCUT2D eigenvalue weighted by atomic mass is 31.1. The molecular weight excluding hydrogens is 493 g/mol. The summed E-state index contributed by atoms with van der Waals surface area (Å²) >= 11 is 0. The van der Waals surface area contributed by atoms with Gasteiger partial charge in [0.1, 0.15) is 5.75 Å². The fourth-order valence-electron chi connectivity index (χ4n) is 5.68. The van der Waals surface area contributed by atoms with E-state index in [-0.39, 0.29) is 26.2 Å². The SMILES string of the molecule is CC(C)(C)P(Cc1cc(CP(C(C)(C)C)C(C)(C)C)cc(OP(C(C)(C)C)C(C)(C)C)c1)C(C)(C)C. The highest BCUT2D eigenvalue weighted by molar-refractivity contribution is 7.60. The van der Waals surface area contributed by atoms with Crippen molar-refractivity contribution in [3.8, 4) is 5.75 Å². The van der Waals surface area contributed by atoms with Crippen LogP contribution in [0.5, 0.6) is 5.75 Å². The molecule has 0 aromatic heterocycles. The summed E-state index contributed by atoms with van der Waals surface area (Å²) in [5, 5.41) is 1.46. The molecule has 0 amide bonds. The Kier molecular flexibility index (Phi) is 10.9. The fraction of sp³-hybridized carbons (Fsp3) is 0.812. The number of benzene rings is 1. The van der Waals surface area contributed by atoms with Crippen LogP contribution >= 0.6 is 24.0 Å². The van der Waals surface area contributed by atoms with Crippen molar-refractivity contribution in [2.75, 3.05) is 0 Å². The van der Waals surface area contributed by atoms with Crippen LogP contribution < -0.4 is 4.52 Å². The summed E-state index contributed by atoms with van der Waals surface area (Å²) in [5.41, 5.74) is 2.93. The van der Waals surface area contributed by atoms with E-state index in [1.807, 2.05) is 0 Å². The van der Waals surface area contributed by atoms with Crippen LogP contribution in [0.2, 0.25) is 0 Å². The first-order chi connectivity index (χ1) is 15.6. The molecule has 0 aliphatic rings. The Morgan fingerprint density at radius 1 is 0.444 bits per heavy atom. The summed E-state index contributed by atoms with van der Waals surface area (Å²) in [7, 11) is -1.10. The Labute approximate surface area is 231 Å². The van der Waals surface area contributed by atoms with Gasteiger partial charge in [-0.3, -0.25) is 0 Å². The molecule has 0 saturated carbocycles. The van der Waals surface area contributed by atoms with E-state index in [1.165, 1.54) is 11.1 Å². The van der Waals surface area contributed by atoms with Gasteiger partial charge in [0, 0.05) is 10.3 Å². The van der Waals surface area contributed by atoms with Gasteiger partial charge in [0.15, 0.2) is 0 Å². The van der Waals surface area contributed by atoms with E-state index >= 15 is 0 Å². The van der Waals surface area contributed by atoms with Gasteiger partial charge in [-0.15, -0.1) is 0 Å². The first-order valence-electron chi connectivity index (χ1n) is 13.8. The van der Waals surface area contributed by atoms with Gasteiger partial charge in [-0.2, -0.15) is 0 Å². The maximum absolute atomic E-state index is 7.01. The molecular formula is C32H61OP3. The quantitative estimate of drug-likeness (QED) is 0.318. The van der Waals surface area contributed by atoms with Crippen molar-refractivity contribution < 1.29 is 4.52 Å². The third kappa shape index (κ3) is 10.5. The van der Waals surface area contributed by atoms with Crippen LogP contribution in [0, 0.1) is 0 Å². The molecule has 1 nitrogen and oxygen atoms in total. The van der Waals surface area contributed by atoms with Crippen LogP contribution in [0.3, 0.4) is 0 Å². The lowest BCUT2D eigenvalue weighted by Gasteiger charge is -2.43. The van der Waals surface area contributed by atoms with Crippen molar-refractivity contribution >= 4 is 24.0 Å². The van der Waals surface area contributed by atoms with Crippen molar-refractivity contribution in [1.29, 1.82) is 0 Å². The van der Waals surface area contributed by atoms with Crippen LogP contribution in [-0.2, 0) is 12.3 Å². The molecule has 0 spiro atoms. The average molecular weight is 555 g/mol. The monoisotopic (exact) mass is 554 g/mol. The molecule has 1 rings (SSSR count). The zero-order valence-electron chi connectivity index (χ0n) is 27.4. The molecule has 210 valence electrons. The molecule has 0 saturated heterocycles. The maximum atomic E-state index is 7.01. The van der Waals surface area contributed by atoms with Crippen molar-refractivity contribution in [3.63, 3.8) is 0 Å². The molecule has 0 fully saturated rings. The maximum Gasteiger partial charge on any atom is 0.123 e. The second kappa shape index (κ2) is 11.4. The van der Waals surface area contributed by atoms with Crippen LogP contribution in [0.25, 0.3) is 0 Å². The largest absolute Gasteiger partial charge is 0.473 e. The van der Waals surface area contributed by atoms with Gasteiger partial charge in [0.25, 0.3) is 0 Å². The minimum atomic E-state index is -0.664. The Hall–Kier alpha value is 0.310. The summed E-state index contributed by atoms with van der Waals surface area (Å²) in [6.45, 7) is 43.2. The summed E-state index contributed by atoms with van der Waals surface area (Å²) in [4.78, 5) is 0. The van der Waals surface area contributed by atoms with Gasteiger partial charge in [0.05, 0.1) is 8.15 Å². The molecule has 0 heterocycles. The lowest BCUT2D eigenvalue weighted by atomic mass is 10.1. The zero-order chi connectivity index (χ0) is 28.7. The predicted molar refractivity (Wildman–Crippen MR) is 174 cm³/mol. The minimum Gasteiger partial charge on any atom is -0.473 e. The highest BCUT2D eigenvalue weighted by Gasteiger charge is 2.39. The fourth-order valence-corrected chi connectivity index (χ4v) is 15.6. The van der Waals surface area contributed by atoms with E-state index in [0.717, 1.165) is 18.1 Å². The van der Waals surface area contributed by atoms with Crippen molar-refractivity contribution in [1.82, 2.24) is 0 Å². The standard InChI is InChI=1S/C32H61OP3/c1-27(2,3)34(28(4,5)6)22-24-19-25(23-35(29(7,8)9)30(10,11)12)21-26(20-24)33-36(31(13,14)15)32(16,17)18/h19-21H,22-23H2,1-18H3. The predicted octanol–water partition coefficient (Wildman–Crippen LogP) is 12.2. The Bertz CT molecular complexity index is 678. The summed E-state index contributed by atoms with van der Waals surface area (Å²) in [6.07, 6.45) is 2.30. The molecule has 0 radical (unpaired) electrons. The molecule has 0 bridgehead atoms. The van der Waals surface area contributed by atoms with Crippen molar-refractivity contribution in [2.24, 2.45) is 0 Å². The Balaban J connectivity index is 3.68. The van der Waals surface area contributed by atoms with Crippen LogP contribution in [0.4, 0.5) is 0 Å². The van der Waals surface area contributed by atoms with Gasteiger partial charge in [0.2, 0.25) is 0 Å². The van der Waals surface area contributed by atoms with Gasteiger partial charge >= 0.3 is 0 Å². The minimum absolute atomic E-state index is 0.122. The lowest BCUT2D eigenvalue weighted by molar-refractivity contribution is 0.532. The molecule has 0 atom stereocenters. The van der Waals surface area contributed by atoms with E-state index in [4.69, 9.17) is 4.52 Å². The first-order valence-corrected chi connectivity index (χ1v) is 18.1. The van der Waals surface area contributed by atoms with E-state index in [1.54, 1.807) is 0 Å². The third-order valence-electron chi connectivity index (χ3n) is 6.36. The molecule has 0 unspecified atom stereocenters. The number of rotatable bonds is 6. The highest BCUT2D eigenvalue weighted by Crippen LogP contribution is 2.64. The van der Waals surface area contributed by atoms with E-state index < -0.39 is 8.15 Å². The van der Waals surface area contributed by atoms with Crippen LogP contribution in [-0.4, -0.2) is 30.9 Å². The van der Waals surface area contributed by atoms with Gasteiger partial charge in [-0.25, -0.2) is 0 Å². The topological polar surface area (TPSA) is 9.23 Å². The molecule has 1 aromatic rings. The molecule has 36 heavy (non-hydrogen) atoms. The second-order valence-electron chi connectivity index (χ2n) is 16.6. The lowest BCUT2D eigenvalue weighted by Crippen LogP contribution is -2.28. The van der Waals surface area contributed by atoms with Crippen molar-refractivity contribution in [2.45, 2.75) is 168 Å². The van der Waals surface area contributed by atoms with E-state index in [2.05, 4.69) is 143 Å². The Morgan fingerprint density at radius 3 is 0.944 bits per heavy atom. The first kappa shape index (κ1) is 34.3. The second-order valence-corrected chi connectivity index (χ2v) is 27.7.